The fourth-order valence-corrected chi connectivity index (χ4v) is 4.08. The summed E-state index contributed by atoms with van der Waals surface area (Å²) in [5.41, 5.74) is 0.885. The van der Waals surface area contributed by atoms with E-state index in [1.807, 2.05) is 25.1 Å². The van der Waals surface area contributed by atoms with Crippen molar-refractivity contribution in [1.29, 1.82) is 0 Å². The van der Waals surface area contributed by atoms with Crippen LogP contribution in [0.4, 0.5) is 5.69 Å². The van der Waals surface area contributed by atoms with Gasteiger partial charge < -0.3 is 15.3 Å². The van der Waals surface area contributed by atoms with E-state index in [9.17, 15) is 9.90 Å². The van der Waals surface area contributed by atoms with E-state index in [1.54, 1.807) is 6.07 Å². The first-order chi connectivity index (χ1) is 12.1. The molecule has 1 aliphatic heterocycles. The molecule has 5 nitrogen and oxygen atoms in total. The summed E-state index contributed by atoms with van der Waals surface area (Å²) >= 11 is 0. The number of nitrogens with one attached hydrogen (secondary N) is 1. The monoisotopic (exact) mass is 345 g/mol. The molecule has 2 fully saturated rings. The van der Waals surface area contributed by atoms with Gasteiger partial charge in [-0.25, -0.2) is 0 Å². The van der Waals surface area contributed by atoms with Crippen molar-refractivity contribution in [3.63, 3.8) is 0 Å². The fourth-order valence-electron chi connectivity index (χ4n) is 4.08. The van der Waals surface area contributed by atoms with Crippen molar-refractivity contribution in [2.45, 2.75) is 51.6 Å². The number of hydrogen-bond acceptors (Lipinski definition) is 4. The van der Waals surface area contributed by atoms with Crippen molar-refractivity contribution in [3.8, 4) is 5.75 Å². The van der Waals surface area contributed by atoms with Gasteiger partial charge in [-0.1, -0.05) is 31.9 Å². The Hall–Kier alpha value is -1.75. The van der Waals surface area contributed by atoms with Crippen LogP contribution in [-0.2, 0) is 4.79 Å². The van der Waals surface area contributed by atoms with Gasteiger partial charge in [0.1, 0.15) is 5.75 Å². The molecule has 0 radical (unpaired) electrons. The molecule has 1 aromatic rings. The normalized spacial score (nSPS) is 26.2. The highest BCUT2D eigenvalue weighted by atomic mass is 16.3. The molecule has 1 amide bonds. The number of para-hydroxylation sites is 2. The number of carbonyl (C=O) groups is 1. The van der Waals surface area contributed by atoms with E-state index in [-0.39, 0.29) is 11.9 Å². The number of rotatable bonds is 4. The van der Waals surface area contributed by atoms with Gasteiger partial charge in [0.15, 0.2) is 0 Å². The van der Waals surface area contributed by atoms with Gasteiger partial charge >= 0.3 is 0 Å². The fraction of sp³-hybridized carbons (Fsp3) is 0.650. The zero-order valence-corrected chi connectivity index (χ0v) is 15.4. The van der Waals surface area contributed by atoms with E-state index in [0.29, 0.717) is 17.7 Å². The molecule has 1 aromatic carbocycles. The van der Waals surface area contributed by atoms with Crippen molar-refractivity contribution < 1.29 is 9.90 Å². The third kappa shape index (κ3) is 4.27. The number of phenols is 1. The van der Waals surface area contributed by atoms with Crippen LogP contribution in [-0.4, -0.2) is 54.2 Å². The van der Waals surface area contributed by atoms with Gasteiger partial charge in [-0.05, 0) is 37.8 Å². The molecule has 138 valence electrons. The van der Waals surface area contributed by atoms with Gasteiger partial charge in [0.25, 0.3) is 0 Å². The number of carbonyl (C=O) groups excluding carboxylic acids is 1. The maximum absolute atomic E-state index is 12.7. The molecule has 5 heteroatoms. The topological polar surface area (TPSA) is 55.8 Å². The van der Waals surface area contributed by atoms with Gasteiger partial charge in [0.05, 0.1) is 11.7 Å². The Labute approximate surface area is 151 Å². The van der Waals surface area contributed by atoms with Crippen molar-refractivity contribution in [2.24, 2.45) is 5.92 Å². The summed E-state index contributed by atoms with van der Waals surface area (Å²) in [5, 5.41) is 13.3. The molecular formula is C20H31N3O2. The molecule has 1 heterocycles. The highest BCUT2D eigenvalue weighted by molar-refractivity contribution is 5.81. The van der Waals surface area contributed by atoms with Crippen molar-refractivity contribution in [2.75, 3.05) is 31.1 Å². The molecule has 1 saturated heterocycles. The maximum Gasteiger partial charge on any atom is 0.237 e. The largest absolute Gasteiger partial charge is 0.506 e. The van der Waals surface area contributed by atoms with Crippen LogP contribution in [0.3, 0.4) is 0 Å². The Balaban J connectivity index is 1.51. The second kappa shape index (κ2) is 8.09. The number of phenolic OH excluding ortho intramolecular Hbond substituents is 1. The molecular weight excluding hydrogens is 314 g/mol. The van der Waals surface area contributed by atoms with E-state index in [0.717, 1.165) is 38.3 Å². The van der Waals surface area contributed by atoms with Crippen LogP contribution in [0.1, 0.15) is 39.5 Å². The third-order valence-electron chi connectivity index (χ3n) is 5.90. The Morgan fingerprint density at radius 3 is 2.52 bits per heavy atom. The minimum Gasteiger partial charge on any atom is -0.506 e. The van der Waals surface area contributed by atoms with Crippen LogP contribution >= 0.6 is 0 Å². The average molecular weight is 345 g/mol. The Morgan fingerprint density at radius 1 is 1.16 bits per heavy atom. The Morgan fingerprint density at radius 2 is 1.84 bits per heavy atom. The molecule has 3 atom stereocenters. The molecule has 1 aliphatic carbocycles. The molecule has 0 aromatic heterocycles. The van der Waals surface area contributed by atoms with Crippen LogP contribution in [0.2, 0.25) is 0 Å². The van der Waals surface area contributed by atoms with Gasteiger partial charge in [-0.15, -0.1) is 0 Å². The van der Waals surface area contributed by atoms with Crippen LogP contribution in [0, 0.1) is 5.92 Å². The Kier molecular flexibility index (Phi) is 5.84. The summed E-state index contributed by atoms with van der Waals surface area (Å²) in [6.45, 7) is 7.59. The smallest absolute Gasteiger partial charge is 0.237 e. The lowest BCUT2D eigenvalue weighted by atomic mass is 9.86. The molecule has 3 rings (SSSR count). The SMILES string of the molecule is C[C@@H]1CCCC[C@H]1NC(=O)[C@@H](C)N1CCN(c2ccccc2O)CC1. The van der Waals surface area contributed by atoms with Gasteiger partial charge in [0, 0.05) is 32.2 Å². The highest BCUT2D eigenvalue weighted by Crippen LogP contribution is 2.27. The van der Waals surface area contributed by atoms with Crippen molar-refractivity contribution >= 4 is 11.6 Å². The van der Waals surface area contributed by atoms with Gasteiger partial charge in [-0.3, -0.25) is 9.69 Å². The first-order valence-electron chi connectivity index (χ1n) is 9.63. The highest BCUT2D eigenvalue weighted by Gasteiger charge is 2.29. The molecule has 2 N–H and O–H groups in total. The first-order valence-corrected chi connectivity index (χ1v) is 9.63. The lowest BCUT2D eigenvalue weighted by molar-refractivity contribution is -0.127. The molecule has 0 unspecified atom stereocenters. The summed E-state index contributed by atoms with van der Waals surface area (Å²) in [6, 6.07) is 7.71. The number of amides is 1. The van der Waals surface area contributed by atoms with Gasteiger partial charge in [-0.2, -0.15) is 0 Å². The van der Waals surface area contributed by atoms with Crippen LogP contribution < -0.4 is 10.2 Å². The molecule has 2 aliphatic rings. The number of anilines is 1. The van der Waals surface area contributed by atoms with E-state index in [1.165, 1.54) is 19.3 Å². The first kappa shape index (κ1) is 18.1. The maximum atomic E-state index is 12.7. The van der Waals surface area contributed by atoms with Crippen LogP contribution in [0.15, 0.2) is 24.3 Å². The average Bonchev–Trinajstić information content (AvgIpc) is 2.63. The summed E-state index contributed by atoms with van der Waals surface area (Å²) in [4.78, 5) is 17.1. The summed E-state index contributed by atoms with van der Waals surface area (Å²) in [7, 11) is 0. The third-order valence-corrected chi connectivity index (χ3v) is 5.90. The van der Waals surface area contributed by atoms with E-state index in [4.69, 9.17) is 0 Å². The number of nitrogens with zero attached hydrogens (tertiary/aromatic N) is 2. The van der Waals surface area contributed by atoms with E-state index >= 15 is 0 Å². The van der Waals surface area contributed by atoms with Crippen molar-refractivity contribution in [1.82, 2.24) is 10.2 Å². The lowest BCUT2D eigenvalue weighted by Gasteiger charge is -2.39. The lowest BCUT2D eigenvalue weighted by Crippen LogP contribution is -2.55. The van der Waals surface area contributed by atoms with Crippen molar-refractivity contribution in [3.05, 3.63) is 24.3 Å². The molecule has 1 saturated carbocycles. The number of piperazine rings is 1. The van der Waals surface area contributed by atoms with Gasteiger partial charge in [0.2, 0.25) is 5.91 Å². The standard InChI is InChI=1S/C20H31N3O2/c1-15-7-3-4-8-17(15)21-20(25)16(2)22-11-13-23(14-12-22)18-9-5-6-10-19(18)24/h5-6,9-10,15-17,24H,3-4,7-8,11-14H2,1-2H3,(H,21,25)/t15-,16-,17-/m1/s1. The zero-order valence-electron chi connectivity index (χ0n) is 15.4. The predicted molar refractivity (Wildman–Crippen MR) is 101 cm³/mol. The van der Waals surface area contributed by atoms with Crippen LogP contribution in [0.25, 0.3) is 0 Å². The number of benzene rings is 1. The van der Waals surface area contributed by atoms with E-state index < -0.39 is 0 Å². The zero-order chi connectivity index (χ0) is 17.8. The molecule has 0 bridgehead atoms. The molecule has 25 heavy (non-hydrogen) atoms. The summed E-state index contributed by atoms with van der Waals surface area (Å²) in [5.74, 6) is 1.07. The van der Waals surface area contributed by atoms with Crippen LogP contribution in [0.5, 0.6) is 5.75 Å². The number of hydrogen-bond donors (Lipinski definition) is 2. The quantitative estimate of drug-likeness (QED) is 0.881. The second-order valence-corrected chi connectivity index (χ2v) is 7.56. The predicted octanol–water partition coefficient (Wildman–Crippen LogP) is 2.60. The second-order valence-electron chi connectivity index (χ2n) is 7.56. The molecule has 0 spiro atoms. The summed E-state index contributed by atoms with van der Waals surface area (Å²) < 4.78 is 0. The minimum absolute atomic E-state index is 0.0966. The minimum atomic E-state index is -0.0966. The Bertz CT molecular complexity index is 584. The summed E-state index contributed by atoms with van der Waals surface area (Å²) in [6.07, 6.45) is 4.85. The number of aromatic hydroxyl groups is 1. The van der Waals surface area contributed by atoms with E-state index in [2.05, 4.69) is 22.0 Å².